The fourth-order valence-corrected chi connectivity index (χ4v) is 3.95. The molecule has 2 aliphatic rings. The third kappa shape index (κ3) is 3.68. The van der Waals surface area contributed by atoms with E-state index in [2.05, 4.69) is 10.2 Å². The third-order valence-electron chi connectivity index (χ3n) is 5.22. The predicted molar refractivity (Wildman–Crippen MR) is 116 cm³/mol. The number of urea groups is 1. The number of hydrogen-bond donors (Lipinski definition) is 1. The molecule has 0 bridgehead atoms. The summed E-state index contributed by atoms with van der Waals surface area (Å²) in [5.74, 6) is 0.813. The average Bonchev–Trinajstić information content (AvgIpc) is 3.36. The molecule has 0 atom stereocenters. The lowest BCUT2D eigenvalue weighted by molar-refractivity contribution is -0.113. The fraction of sp³-hybridized carbons (Fsp3) is 0.273. The number of halogens is 1. The summed E-state index contributed by atoms with van der Waals surface area (Å²) >= 11 is 6.01. The molecule has 30 heavy (non-hydrogen) atoms. The van der Waals surface area contributed by atoms with Crippen molar-refractivity contribution in [3.8, 4) is 11.5 Å². The average molecular weight is 428 g/mol. The summed E-state index contributed by atoms with van der Waals surface area (Å²) in [7, 11) is 3.19. The zero-order valence-electron chi connectivity index (χ0n) is 16.8. The van der Waals surface area contributed by atoms with Crippen molar-refractivity contribution in [3.05, 3.63) is 52.7 Å². The number of carbonyl (C=O) groups excluding carboxylic acids is 2. The van der Waals surface area contributed by atoms with E-state index < -0.39 is 11.9 Å². The largest absolute Gasteiger partial charge is 0.496 e. The molecule has 4 rings (SSSR count). The summed E-state index contributed by atoms with van der Waals surface area (Å²) in [6.07, 6.45) is 3.87. The first-order chi connectivity index (χ1) is 14.5. The van der Waals surface area contributed by atoms with Crippen LogP contribution < -0.4 is 24.6 Å². The third-order valence-corrected chi connectivity index (χ3v) is 5.46. The second kappa shape index (κ2) is 8.28. The molecule has 2 saturated heterocycles. The van der Waals surface area contributed by atoms with Gasteiger partial charge >= 0.3 is 6.03 Å². The molecular formula is C22H22ClN3O4. The topological polar surface area (TPSA) is 71.1 Å². The standard InChI is InChI=1S/C22H22ClN3O4/c1-29-19-13-18(25-8-3-4-9-25)20(30-2)11-14(19)10-17-21(27)26(22(28)24-17)16-7-5-6-15(23)12-16/h5-7,10-13H,3-4,8-9H2,1-2H3,(H,24,28). The van der Waals surface area contributed by atoms with Crippen LogP contribution in [0.3, 0.4) is 0 Å². The van der Waals surface area contributed by atoms with E-state index in [-0.39, 0.29) is 5.70 Å². The van der Waals surface area contributed by atoms with Gasteiger partial charge in [0, 0.05) is 29.7 Å². The van der Waals surface area contributed by atoms with E-state index in [1.165, 1.54) is 0 Å². The molecule has 2 fully saturated rings. The summed E-state index contributed by atoms with van der Waals surface area (Å²) in [5, 5.41) is 3.07. The molecule has 0 aliphatic carbocycles. The smallest absolute Gasteiger partial charge is 0.333 e. The van der Waals surface area contributed by atoms with Crippen LogP contribution in [0.15, 0.2) is 42.1 Å². The Morgan fingerprint density at radius 2 is 1.77 bits per heavy atom. The van der Waals surface area contributed by atoms with E-state index in [9.17, 15) is 9.59 Å². The summed E-state index contributed by atoms with van der Waals surface area (Å²) in [5.41, 5.74) is 2.14. The number of nitrogens with one attached hydrogen (secondary N) is 1. The number of anilines is 2. The second-order valence-corrected chi connectivity index (χ2v) is 7.51. The van der Waals surface area contributed by atoms with Gasteiger partial charge in [0.2, 0.25) is 0 Å². The van der Waals surface area contributed by atoms with Crippen molar-refractivity contribution in [1.29, 1.82) is 0 Å². The highest BCUT2D eigenvalue weighted by atomic mass is 35.5. The molecule has 156 valence electrons. The minimum Gasteiger partial charge on any atom is -0.496 e. The number of rotatable bonds is 5. The highest BCUT2D eigenvalue weighted by Crippen LogP contribution is 2.38. The van der Waals surface area contributed by atoms with Crippen LogP contribution in [-0.2, 0) is 4.79 Å². The predicted octanol–water partition coefficient (Wildman–Crippen LogP) is 4.05. The van der Waals surface area contributed by atoms with Gasteiger partial charge in [-0.15, -0.1) is 0 Å². The monoisotopic (exact) mass is 427 g/mol. The maximum Gasteiger partial charge on any atom is 0.333 e. The molecule has 0 unspecified atom stereocenters. The van der Waals surface area contributed by atoms with Gasteiger partial charge < -0.3 is 19.7 Å². The quantitative estimate of drug-likeness (QED) is 0.575. The molecule has 2 aromatic rings. The van der Waals surface area contributed by atoms with Crippen molar-refractivity contribution in [1.82, 2.24) is 5.32 Å². The number of benzene rings is 2. The molecular weight excluding hydrogens is 406 g/mol. The van der Waals surface area contributed by atoms with Crippen molar-refractivity contribution >= 4 is 41.0 Å². The molecule has 0 spiro atoms. The lowest BCUT2D eigenvalue weighted by atomic mass is 10.1. The molecule has 2 heterocycles. The summed E-state index contributed by atoms with van der Waals surface area (Å²) in [4.78, 5) is 28.7. The van der Waals surface area contributed by atoms with Crippen LogP contribution in [0.25, 0.3) is 6.08 Å². The molecule has 1 N–H and O–H groups in total. The molecule has 7 nitrogen and oxygen atoms in total. The Bertz CT molecular complexity index is 1030. The van der Waals surface area contributed by atoms with Gasteiger partial charge in [0.15, 0.2) is 0 Å². The molecule has 0 saturated carbocycles. The van der Waals surface area contributed by atoms with Gasteiger partial charge in [-0.05, 0) is 43.2 Å². The highest BCUT2D eigenvalue weighted by molar-refractivity contribution is 6.32. The Kier molecular flexibility index (Phi) is 5.55. The minimum atomic E-state index is -0.534. The van der Waals surface area contributed by atoms with Crippen molar-refractivity contribution < 1.29 is 19.1 Å². The van der Waals surface area contributed by atoms with Crippen LogP contribution in [-0.4, -0.2) is 39.2 Å². The van der Waals surface area contributed by atoms with Gasteiger partial charge in [-0.2, -0.15) is 0 Å². The van der Waals surface area contributed by atoms with E-state index in [1.807, 2.05) is 12.1 Å². The van der Waals surface area contributed by atoms with E-state index in [4.69, 9.17) is 21.1 Å². The van der Waals surface area contributed by atoms with Crippen molar-refractivity contribution in [3.63, 3.8) is 0 Å². The van der Waals surface area contributed by atoms with Gasteiger partial charge in [0.05, 0.1) is 25.6 Å². The zero-order valence-corrected chi connectivity index (χ0v) is 17.5. The highest BCUT2D eigenvalue weighted by Gasteiger charge is 2.35. The van der Waals surface area contributed by atoms with Crippen LogP contribution in [0.5, 0.6) is 11.5 Å². The first-order valence-corrected chi connectivity index (χ1v) is 10.0. The summed E-state index contributed by atoms with van der Waals surface area (Å²) < 4.78 is 11.2. The molecule has 2 aliphatic heterocycles. The van der Waals surface area contributed by atoms with Crippen molar-refractivity contribution in [2.45, 2.75) is 12.8 Å². The van der Waals surface area contributed by atoms with Crippen molar-refractivity contribution in [2.75, 3.05) is 37.1 Å². The number of imide groups is 1. The Labute approximate surface area is 179 Å². The van der Waals surface area contributed by atoms with Gasteiger partial charge in [0.25, 0.3) is 5.91 Å². The SMILES string of the molecule is COc1cc(N2CCCC2)c(OC)cc1C=C1NC(=O)N(c2cccc(Cl)c2)C1=O. The number of ether oxygens (including phenoxy) is 2. The molecule has 0 aromatic heterocycles. The van der Waals surface area contributed by atoms with Crippen LogP contribution in [0.1, 0.15) is 18.4 Å². The first kappa shape index (κ1) is 20.1. The normalized spacial score (nSPS) is 17.6. The fourth-order valence-electron chi connectivity index (χ4n) is 3.76. The van der Waals surface area contributed by atoms with Crippen LogP contribution in [0, 0.1) is 0 Å². The van der Waals surface area contributed by atoms with Crippen molar-refractivity contribution in [2.24, 2.45) is 0 Å². The lowest BCUT2D eigenvalue weighted by Crippen LogP contribution is -2.30. The molecule has 3 amide bonds. The number of methoxy groups -OCH3 is 2. The first-order valence-electron chi connectivity index (χ1n) is 9.65. The second-order valence-electron chi connectivity index (χ2n) is 7.07. The Morgan fingerprint density at radius 3 is 2.43 bits per heavy atom. The van der Waals surface area contributed by atoms with E-state index in [0.717, 1.165) is 36.5 Å². The number of amides is 3. The van der Waals surface area contributed by atoms with Crippen LogP contribution in [0.2, 0.25) is 5.02 Å². The lowest BCUT2D eigenvalue weighted by Gasteiger charge is -2.22. The maximum atomic E-state index is 12.9. The van der Waals surface area contributed by atoms with E-state index >= 15 is 0 Å². The maximum absolute atomic E-state index is 12.9. The Morgan fingerprint density at radius 1 is 1.03 bits per heavy atom. The van der Waals surface area contributed by atoms with Crippen LogP contribution in [0.4, 0.5) is 16.2 Å². The zero-order chi connectivity index (χ0) is 21.3. The van der Waals surface area contributed by atoms with Gasteiger partial charge in [-0.3, -0.25) is 4.79 Å². The van der Waals surface area contributed by atoms with E-state index in [0.29, 0.717) is 27.8 Å². The van der Waals surface area contributed by atoms with Gasteiger partial charge in [-0.25, -0.2) is 9.69 Å². The summed E-state index contributed by atoms with van der Waals surface area (Å²) in [6, 6.07) is 9.78. The van der Waals surface area contributed by atoms with Crippen LogP contribution >= 0.6 is 11.6 Å². The van der Waals surface area contributed by atoms with Gasteiger partial charge in [-0.1, -0.05) is 17.7 Å². The molecule has 0 radical (unpaired) electrons. The van der Waals surface area contributed by atoms with E-state index in [1.54, 1.807) is 44.6 Å². The van der Waals surface area contributed by atoms with Gasteiger partial charge in [0.1, 0.15) is 17.2 Å². The number of hydrogen-bond acceptors (Lipinski definition) is 5. The number of nitrogens with zero attached hydrogens (tertiary/aromatic N) is 2. The Hall–Kier alpha value is -3.19. The Balaban J connectivity index is 1.70. The molecule has 2 aromatic carbocycles. The molecule has 8 heteroatoms. The minimum absolute atomic E-state index is 0.147. The summed E-state index contributed by atoms with van der Waals surface area (Å²) in [6.45, 7) is 1.92. The number of carbonyl (C=O) groups is 2.